The number of nitrogens with one attached hydrogen (secondary N) is 1. The molecule has 0 aromatic carbocycles. The number of nitrogens with zero attached hydrogens (tertiary/aromatic N) is 4. The zero-order valence-electron chi connectivity index (χ0n) is 15.8. The predicted molar refractivity (Wildman–Crippen MR) is 101 cm³/mol. The number of unbranched alkanes of at least 4 members (excludes halogenated alkanes) is 3. The monoisotopic (exact) mass is 337 g/mol. The molecule has 1 N–H and O–H groups in total. The number of hydrogen-bond donors (Lipinski definition) is 1. The van der Waals surface area contributed by atoms with Crippen molar-refractivity contribution >= 4 is 11.9 Å². The molecule has 1 aliphatic heterocycles. The summed E-state index contributed by atoms with van der Waals surface area (Å²) in [6, 6.07) is 0. The van der Waals surface area contributed by atoms with Crippen LogP contribution in [0.25, 0.3) is 0 Å². The SMILES string of the molecule is C=CCCCCCN(C)C(=NC)NCCN1CCN(C(C)=O)CC1. The third kappa shape index (κ3) is 7.81. The Bertz CT molecular complexity index is 402. The van der Waals surface area contributed by atoms with Gasteiger partial charge in [0.1, 0.15) is 0 Å². The molecule has 1 heterocycles. The Labute approximate surface area is 147 Å². The van der Waals surface area contributed by atoms with Crippen LogP contribution < -0.4 is 5.32 Å². The Kier molecular flexibility index (Phi) is 10.2. The molecule has 0 unspecified atom stereocenters. The number of amides is 1. The number of aliphatic imine (C=N–C) groups is 1. The van der Waals surface area contributed by atoms with Crippen molar-refractivity contribution < 1.29 is 4.79 Å². The minimum atomic E-state index is 0.183. The van der Waals surface area contributed by atoms with E-state index < -0.39 is 0 Å². The van der Waals surface area contributed by atoms with E-state index in [1.165, 1.54) is 19.3 Å². The highest BCUT2D eigenvalue weighted by Crippen LogP contribution is 2.02. The maximum Gasteiger partial charge on any atom is 0.219 e. The largest absolute Gasteiger partial charge is 0.355 e. The summed E-state index contributed by atoms with van der Waals surface area (Å²) in [5.74, 6) is 1.14. The number of guanidine groups is 1. The van der Waals surface area contributed by atoms with E-state index in [9.17, 15) is 4.79 Å². The van der Waals surface area contributed by atoms with E-state index in [1.807, 2.05) is 18.0 Å². The molecule has 1 amide bonds. The smallest absolute Gasteiger partial charge is 0.219 e. The van der Waals surface area contributed by atoms with Gasteiger partial charge in [0.05, 0.1) is 0 Å². The highest BCUT2D eigenvalue weighted by molar-refractivity contribution is 5.79. The minimum absolute atomic E-state index is 0.183. The summed E-state index contributed by atoms with van der Waals surface area (Å²) in [6.07, 6.45) is 6.72. The molecule has 24 heavy (non-hydrogen) atoms. The van der Waals surface area contributed by atoms with E-state index in [1.54, 1.807) is 6.92 Å². The van der Waals surface area contributed by atoms with Crippen LogP contribution in [0.1, 0.15) is 32.6 Å². The highest BCUT2D eigenvalue weighted by Gasteiger charge is 2.18. The third-order valence-electron chi connectivity index (χ3n) is 4.50. The standard InChI is InChI=1S/C18H35N5O/c1-5-6-7-8-9-11-21(4)18(19-3)20-10-12-22-13-15-23(16-14-22)17(2)24/h5H,1,6-16H2,2-4H3,(H,19,20). The quantitative estimate of drug-likeness (QED) is 0.299. The van der Waals surface area contributed by atoms with Crippen LogP contribution in [-0.2, 0) is 4.79 Å². The predicted octanol–water partition coefficient (Wildman–Crippen LogP) is 1.40. The highest BCUT2D eigenvalue weighted by atomic mass is 16.2. The topological polar surface area (TPSA) is 51.2 Å². The fourth-order valence-electron chi connectivity index (χ4n) is 2.92. The van der Waals surface area contributed by atoms with E-state index in [0.717, 1.165) is 58.2 Å². The molecular formula is C18H35N5O. The second kappa shape index (κ2) is 11.9. The van der Waals surface area contributed by atoms with E-state index in [2.05, 4.69) is 33.7 Å². The van der Waals surface area contributed by atoms with Crippen molar-refractivity contribution in [2.24, 2.45) is 4.99 Å². The molecule has 1 saturated heterocycles. The maximum absolute atomic E-state index is 11.3. The summed E-state index contributed by atoms with van der Waals surface area (Å²) in [5.41, 5.74) is 0. The molecule has 0 radical (unpaired) electrons. The van der Waals surface area contributed by atoms with Crippen LogP contribution in [0, 0.1) is 0 Å². The fourth-order valence-corrected chi connectivity index (χ4v) is 2.92. The van der Waals surface area contributed by atoms with Crippen LogP contribution in [0.15, 0.2) is 17.6 Å². The zero-order chi connectivity index (χ0) is 17.8. The van der Waals surface area contributed by atoms with Crippen LogP contribution in [0.2, 0.25) is 0 Å². The number of hydrogen-bond acceptors (Lipinski definition) is 3. The third-order valence-corrected chi connectivity index (χ3v) is 4.50. The lowest BCUT2D eigenvalue weighted by molar-refractivity contribution is -0.130. The van der Waals surface area contributed by atoms with Crippen molar-refractivity contribution in [2.45, 2.75) is 32.6 Å². The first-order valence-electron chi connectivity index (χ1n) is 9.09. The van der Waals surface area contributed by atoms with Gasteiger partial charge in [-0.05, 0) is 19.3 Å². The van der Waals surface area contributed by atoms with Gasteiger partial charge in [-0.25, -0.2) is 0 Å². The van der Waals surface area contributed by atoms with E-state index in [0.29, 0.717) is 0 Å². The van der Waals surface area contributed by atoms with Gasteiger partial charge in [0.15, 0.2) is 5.96 Å². The Balaban J connectivity index is 2.17. The second-order valence-electron chi connectivity index (χ2n) is 6.38. The van der Waals surface area contributed by atoms with Gasteiger partial charge < -0.3 is 15.1 Å². The summed E-state index contributed by atoms with van der Waals surface area (Å²) < 4.78 is 0. The van der Waals surface area contributed by atoms with Gasteiger partial charge in [-0.1, -0.05) is 12.5 Å². The second-order valence-corrected chi connectivity index (χ2v) is 6.38. The number of piperazine rings is 1. The number of carbonyl (C=O) groups is 1. The molecule has 0 aromatic heterocycles. The normalized spacial score (nSPS) is 16.1. The van der Waals surface area contributed by atoms with Gasteiger partial charge in [-0.15, -0.1) is 6.58 Å². The number of allylic oxidation sites excluding steroid dienone is 1. The molecular weight excluding hydrogens is 302 g/mol. The molecule has 6 nitrogen and oxygen atoms in total. The Morgan fingerprint density at radius 1 is 1.25 bits per heavy atom. The fraction of sp³-hybridized carbons (Fsp3) is 0.778. The van der Waals surface area contributed by atoms with Crippen molar-refractivity contribution in [1.29, 1.82) is 0 Å². The average Bonchev–Trinajstić information content (AvgIpc) is 2.58. The molecule has 0 saturated carbocycles. The Hall–Kier alpha value is -1.56. The summed E-state index contributed by atoms with van der Waals surface area (Å²) in [7, 11) is 3.93. The van der Waals surface area contributed by atoms with Gasteiger partial charge in [0.25, 0.3) is 0 Å². The van der Waals surface area contributed by atoms with Crippen LogP contribution >= 0.6 is 0 Å². The zero-order valence-corrected chi connectivity index (χ0v) is 15.8. The van der Waals surface area contributed by atoms with Crippen molar-refractivity contribution in [2.75, 3.05) is 59.9 Å². The summed E-state index contributed by atoms with van der Waals surface area (Å²) in [6.45, 7) is 11.9. The van der Waals surface area contributed by atoms with Crippen LogP contribution in [0.5, 0.6) is 0 Å². The summed E-state index contributed by atoms with van der Waals surface area (Å²) >= 11 is 0. The first-order chi connectivity index (χ1) is 11.6. The molecule has 0 atom stereocenters. The molecule has 0 aliphatic carbocycles. The molecule has 0 bridgehead atoms. The molecule has 1 rings (SSSR count). The minimum Gasteiger partial charge on any atom is -0.355 e. The lowest BCUT2D eigenvalue weighted by Gasteiger charge is -2.34. The van der Waals surface area contributed by atoms with E-state index >= 15 is 0 Å². The average molecular weight is 338 g/mol. The lowest BCUT2D eigenvalue weighted by atomic mass is 10.2. The van der Waals surface area contributed by atoms with Gasteiger partial charge in [-0.2, -0.15) is 0 Å². The van der Waals surface area contributed by atoms with Gasteiger partial charge >= 0.3 is 0 Å². The number of rotatable bonds is 9. The molecule has 0 aromatic rings. The van der Waals surface area contributed by atoms with Gasteiger partial charge in [0, 0.05) is 66.8 Å². The summed E-state index contributed by atoms with van der Waals surface area (Å²) in [4.78, 5) is 22.2. The first-order valence-corrected chi connectivity index (χ1v) is 9.09. The molecule has 1 aliphatic rings. The van der Waals surface area contributed by atoms with Crippen molar-refractivity contribution in [1.82, 2.24) is 20.0 Å². The maximum atomic E-state index is 11.3. The number of carbonyl (C=O) groups excluding carboxylic acids is 1. The van der Waals surface area contributed by atoms with Crippen LogP contribution in [-0.4, -0.2) is 86.5 Å². The van der Waals surface area contributed by atoms with Gasteiger partial charge in [-0.3, -0.25) is 14.7 Å². The van der Waals surface area contributed by atoms with Crippen LogP contribution in [0.4, 0.5) is 0 Å². The van der Waals surface area contributed by atoms with Crippen molar-refractivity contribution in [3.05, 3.63) is 12.7 Å². The van der Waals surface area contributed by atoms with E-state index in [4.69, 9.17) is 0 Å². The van der Waals surface area contributed by atoms with Crippen LogP contribution in [0.3, 0.4) is 0 Å². The van der Waals surface area contributed by atoms with Crippen molar-refractivity contribution in [3.8, 4) is 0 Å². The Morgan fingerprint density at radius 2 is 1.96 bits per heavy atom. The molecule has 1 fully saturated rings. The molecule has 0 spiro atoms. The van der Waals surface area contributed by atoms with E-state index in [-0.39, 0.29) is 5.91 Å². The first kappa shape index (κ1) is 20.5. The molecule has 6 heteroatoms. The Morgan fingerprint density at radius 3 is 2.54 bits per heavy atom. The van der Waals surface area contributed by atoms with Crippen molar-refractivity contribution in [3.63, 3.8) is 0 Å². The van der Waals surface area contributed by atoms with Gasteiger partial charge in [0.2, 0.25) is 5.91 Å². The lowest BCUT2D eigenvalue weighted by Crippen LogP contribution is -2.50. The molecule has 138 valence electrons. The summed E-state index contributed by atoms with van der Waals surface area (Å²) in [5, 5.41) is 3.44.